The van der Waals surface area contributed by atoms with Gasteiger partial charge in [-0.15, -0.1) is 0 Å². The van der Waals surface area contributed by atoms with Crippen molar-refractivity contribution in [1.82, 2.24) is 15.0 Å². The van der Waals surface area contributed by atoms with Crippen LogP contribution in [-0.2, 0) is 6.54 Å². The highest BCUT2D eigenvalue weighted by Crippen LogP contribution is 2.27. The van der Waals surface area contributed by atoms with Gasteiger partial charge in [0.15, 0.2) is 5.76 Å². The first kappa shape index (κ1) is 17.9. The molecule has 0 unspecified atom stereocenters. The van der Waals surface area contributed by atoms with Crippen LogP contribution >= 0.6 is 0 Å². The summed E-state index contributed by atoms with van der Waals surface area (Å²) in [6.45, 7) is 10.1. The van der Waals surface area contributed by atoms with E-state index in [1.165, 1.54) is 0 Å². The van der Waals surface area contributed by atoms with Crippen LogP contribution in [0.25, 0.3) is 0 Å². The van der Waals surface area contributed by atoms with Gasteiger partial charge in [0.2, 0.25) is 0 Å². The second-order valence-electron chi connectivity index (χ2n) is 7.80. The number of rotatable bonds is 6. The van der Waals surface area contributed by atoms with Gasteiger partial charge in [0.1, 0.15) is 0 Å². The van der Waals surface area contributed by atoms with Gasteiger partial charge in [-0.05, 0) is 30.6 Å². The van der Waals surface area contributed by atoms with E-state index in [2.05, 4.69) is 34.9 Å². The number of piperidine rings is 1. The molecular weight excluding hydrogens is 306 g/mol. The molecule has 2 aliphatic heterocycles. The van der Waals surface area contributed by atoms with E-state index in [0.717, 1.165) is 63.6 Å². The van der Waals surface area contributed by atoms with E-state index < -0.39 is 0 Å². The van der Waals surface area contributed by atoms with Gasteiger partial charge in [0, 0.05) is 45.4 Å². The van der Waals surface area contributed by atoms with Crippen molar-refractivity contribution < 1.29 is 14.7 Å². The lowest BCUT2D eigenvalue weighted by Gasteiger charge is -2.32. The lowest BCUT2D eigenvalue weighted by molar-refractivity contribution is 0.0683. The van der Waals surface area contributed by atoms with Crippen molar-refractivity contribution in [3.8, 4) is 0 Å². The van der Waals surface area contributed by atoms with Crippen LogP contribution in [0, 0.1) is 11.8 Å². The number of aliphatic hydroxyl groups excluding tert-OH is 2. The number of likely N-dealkylation sites (tertiary alicyclic amines) is 2. The van der Waals surface area contributed by atoms with E-state index in [-0.39, 0.29) is 12.7 Å². The molecule has 2 fully saturated rings. The van der Waals surface area contributed by atoms with Crippen LogP contribution in [0.3, 0.4) is 0 Å². The molecule has 0 radical (unpaired) electrons. The van der Waals surface area contributed by atoms with E-state index in [4.69, 9.17) is 4.52 Å². The summed E-state index contributed by atoms with van der Waals surface area (Å²) in [6, 6.07) is 2.05. The highest BCUT2D eigenvalue weighted by Gasteiger charge is 2.34. The zero-order valence-electron chi connectivity index (χ0n) is 14.9. The fraction of sp³-hybridized carbons (Fsp3) is 0.833. The van der Waals surface area contributed by atoms with E-state index >= 15 is 0 Å². The second-order valence-corrected chi connectivity index (χ2v) is 7.80. The third kappa shape index (κ3) is 4.36. The Labute approximate surface area is 144 Å². The van der Waals surface area contributed by atoms with Crippen LogP contribution in [0.4, 0.5) is 0 Å². The highest BCUT2D eigenvalue weighted by molar-refractivity contribution is 5.09. The van der Waals surface area contributed by atoms with Gasteiger partial charge in [-0.3, -0.25) is 4.90 Å². The van der Waals surface area contributed by atoms with Gasteiger partial charge in [-0.25, -0.2) is 0 Å². The molecule has 136 valence electrons. The third-order valence-electron chi connectivity index (χ3n) is 5.48. The van der Waals surface area contributed by atoms with Crippen LogP contribution in [0.2, 0.25) is 0 Å². The molecule has 0 aromatic carbocycles. The van der Waals surface area contributed by atoms with Crippen molar-refractivity contribution in [2.24, 2.45) is 11.8 Å². The first-order valence-electron chi connectivity index (χ1n) is 9.24. The van der Waals surface area contributed by atoms with Crippen LogP contribution < -0.4 is 0 Å². The topological polar surface area (TPSA) is 73.0 Å². The average Bonchev–Trinajstić information content (AvgIpc) is 3.17. The molecule has 1 aromatic heterocycles. The second kappa shape index (κ2) is 7.95. The molecule has 0 saturated carbocycles. The SMILES string of the molecule is CC(C)c1cc(CN2C[C@@H](CN3CCC(O)CC3)[C@@H](CO)C2)on1. The fourth-order valence-electron chi connectivity index (χ4n) is 3.91. The van der Waals surface area contributed by atoms with Crippen LogP contribution in [-0.4, -0.2) is 70.6 Å². The van der Waals surface area contributed by atoms with Gasteiger partial charge >= 0.3 is 0 Å². The Kier molecular flexibility index (Phi) is 5.92. The maximum absolute atomic E-state index is 9.75. The molecule has 3 rings (SSSR count). The molecular formula is C18H31N3O3. The molecule has 1 aromatic rings. The fourth-order valence-corrected chi connectivity index (χ4v) is 3.91. The van der Waals surface area contributed by atoms with Crippen molar-refractivity contribution in [2.75, 3.05) is 39.3 Å². The molecule has 0 amide bonds. The first-order valence-corrected chi connectivity index (χ1v) is 9.24. The molecule has 6 nitrogen and oxygen atoms in total. The van der Waals surface area contributed by atoms with Crippen LogP contribution in [0.1, 0.15) is 44.1 Å². The molecule has 6 heteroatoms. The minimum Gasteiger partial charge on any atom is -0.396 e. The molecule has 2 saturated heterocycles. The van der Waals surface area contributed by atoms with Crippen molar-refractivity contribution in [3.05, 3.63) is 17.5 Å². The maximum Gasteiger partial charge on any atom is 0.150 e. The first-order chi connectivity index (χ1) is 11.5. The molecule has 2 atom stereocenters. The minimum absolute atomic E-state index is 0.128. The summed E-state index contributed by atoms with van der Waals surface area (Å²) in [5, 5.41) is 23.5. The van der Waals surface area contributed by atoms with Gasteiger partial charge in [-0.1, -0.05) is 19.0 Å². The monoisotopic (exact) mass is 337 g/mol. The summed E-state index contributed by atoms with van der Waals surface area (Å²) in [6.07, 6.45) is 1.61. The van der Waals surface area contributed by atoms with Crippen LogP contribution in [0.5, 0.6) is 0 Å². The van der Waals surface area contributed by atoms with Crippen molar-refractivity contribution in [1.29, 1.82) is 0 Å². The predicted molar refractivity (Wildman–Crippen MR) is 91.6 cm³/mol. The Morgan fingerprint density at radius 2 is 1.92 bits per heavy atom. The Morgan fingerprint density at radius 1 is 1.21 bits per heavy atom. The summed E-state index contributed by atoms with van der Waals surface area (Å²) in [5.41, 5.74) is 1.01. The van der Waals surface area contributed by atoms with E-state index in [1.807, 2.05) is 0 Å². The molecule has 2 N–H and O–H groups in total. The van der Waals surface area contributed by atoms with Gasteiger partial charge in [0.25, 0.3) is 0 Å². The normalized spacial score (nSPS) is 27.4. The van der Waals surface area contributed by atoms with E-state index in [1.54, 1.807) is 0 Å². The minimum atomic E-state index is -0.128. The quantitative estimate of drug-likeness (QED) is 0.815. The van der Waals surface area contributed by atoms with Crippen molar-refractivity contribution >= 4 is 0 Å². The maximum atomic E-state index is 9.75. The number of hydrogen-bond donors (Lipinski definition) is 2. The zero-order chi connectivity index (χ0) is 17.1. The summed E-state index contributed by atoms with van der Waals surface area (Å²) in [7, 11) is 0. The van der Waals surface area contributed by atoms with Crippen molar-refractivity contribution in [3.63, 3.8) is 0 Å². The smallest absolute Gasteiger partial charge is 0.150 e. The summed E-state index contributed by atoms with van der Waals surface area (Å²) in [5.74, 6) is 2.10. The predicted octanol–water partition coefficient (Wildman–Crippen LogP) is 1.29. The largest absolute Gasteiger partial charge is 0.396 e. The Hall–Kier alpha value is -0.950. The van der Waals surface area contributed by atoms with Gasteiger partial charge < -0.3 is 19.6 Å². The number of aliphatic hydroxyl groups is 2. The zero-order valence-corrected chi connectivity index (χ0v) is 14.9. The summed E-state index contributed by atoms with van der Waals surface area (Å²) in [4.78, 5) is 4.81. The van der Waals surface area contributed by atoms with E-state index in [9.17, 15) is 10.2 Å². The molecule has 0 aliphatic carbocycles. The van der Waals surface area contributed by atoms with Crippen LogP contribution in [0.15, 0.2) is 10.6 Å². The summed E-state index contributed by atoms with van der Waals surface area (Å²) >= 11 is 0. The van der Waals surface area contributed by atoms with E-state index in [0.29, 0.717) is 17.8 Å². The standard InChI is InChI=1S/C18H31N3O3/c1-13(2)18-7-17(24-19-18)11-21-9-14(15(10-21)12-22)8-20-5-3-16(23)4-6-20/h7,13-16,22-23H,3-6,8-12H2,1-2H3/t14-,15-/m1/s1. The summed E-state index contributed by atoms with van der Waals surface area (Å²) < 4.78 is 5.46. The Balaban J connectivity index is 1.53. The van der Waals surface area contributed by atoms with Crippen molar-refractivity contribution in [2.45, 2.75) is 45.3 Å². The average molecular weight is 337 g/mol. The number of nitrogens with zero attached hydrogens (tertiary/aromatic N) is 3. The number of aromatic nitrogens is 1. The van der Waals surface area contributed by atoms with Gasteiger partial charge in [0.05, 0.1) is 18.3 Å². The lowest BCUT2D eigenvalue weighted by Crippen LogP contribution is -2.40. The Morgan fingerprint density at radius 3 is 2.54 bits per heavy atom. The molecule has 0 bridgehead atoms. The Bertz CT molecular complexity index is 511. The third-order valence-corrected chi connectivity index (χ3v) is 5.48. The number of hydrogen-bond acceptors (Lipinski definition) is 6. The van der Waals surface area contributed by atoms with Gasteiger partial charge in [-0.2, -0.15) is 0 Å². The molecule has 24 heavy (non-hydrogen) atoms. The lowest BCUT2D eigenvalue weighted by atomic mass is 9.95. The molecule has 0 spiro atoms. The highest BCUT2D eigenvalue weighted by atomic mass is 16.5. The molecule has 2 aliphatic rings. The molecule has 3 heterocycles.